The minimum atomic E-state index is -0.928. The second-order valence-electron chi connectivity index (χ2n) is 8.42. The Morgan fingerprint density at radius 2 is 2.20 bits per heavy atom. The Labute approximate surface area is 181 Å². The van der Waals surface area contributed by atoms with Crippen LogP contribution in [0.3, 0.4) is 0 Å². The Balaban J connectivity index is 1.35. The van der Waals surface area contributed by atoms with Crippen molar-refractivity contribution < 1.29 is 14.7 Å². The van der Waals surface area contributed by atoms with Crippen LogP contribution in [-0.2, 0) is 22.4 Å². The SMILES string of the molecule is Cc1ccc([C@H](CC(=O)O)C(=O)N2CC[C@@H](CCc3ccc4c(n3)NCCC4)C2)s1. The number of aryl methyl sites for hydroxylation is 3. The van der Waals surface area contributed by atoms with E-state index in [2.05, 4.69) is 17.4 Å². The fraction of sp³-hybridized carbons (Fsp3) is 0.522. The van der Waals surface area contributed by atoms with Crippen LogP contribution < -0.4 is 5.32 Å². The molecular weight excluding hydrogens is 398 g/mol. The number of amides is 1. The first-order valence-corrected chi connectivity index (χ1v) is 11.6. The van der Waals surface area contributed by atoms with Gasteiger partial charge < -0.3 is 15.3 Å². The molecule has 4 heterocycles. The number of thiophene rings is 1. The number of nitrogens with zero attached hydrogens (tertiary/aromatic N) is 2. The van der Waals surface area contributed by atoms with Crippen LogP contribution in [0.4, 0.5) is 5.82 Å². The van der Waals surface area contributed by atoms with Crippen molar-refractivity contribution in [2.24, 2.45) is 5.92 Å². The quantitative estimate of drug-likeness (QED) is 0.701. The molecule has 1 saturated heterocycles. The van der Waals surface area contributed by atoms with E-state index < -0.39 is 11.9 Å². The predicted octanol–water partition coefficient (Wildman–Crippen LogP) is 3.85. The van der Waals surface area contributed by atoms with Crippen LogP contribution >= 0.6 is 11.3 Å². The Morgan fingerprint density at radius 3 is 2.97 bits per heavy atom. The average Bonchev–Trinajstić information content (AvgIpc) is 3.39. The molecule has 0 aromatic carbocycles. The molecule has 2 aliphatic rings. The lowest BCUT2D eigenvalue weighted by atomic mass is 9.99. The number of anilines is 1. The number of hydrogen-bond donors (Lipinski definition) is 2. The zero-order chi connectivity index (χ0) is 21.1. The molecule has 0 unspecified atom stereocenters. The fourth-order valence-electron chi connectivity index (χ4n) is 4.47. The van der Waals surface area contributed by atoms with Crippen LogP contribution in [0.15, 0.2) is 24.3 Å². The highest BCUT2D eigenvalue weighted by molar-refractivity contribution is 7.12. The van der Waals surface area contributed by atoms with Crippen LogP contribution in [0.5, 0.6) is 0 Å². The molecule has 0 radical (unpaired) electrons. The Hall–Kier alpha value is -2.41. The summed E-state index contributed by atoms with van der Waals surface area (Å²) in [4.78, 5) is 33.1. The molecule has 4 rings (SSSR count). The average molecular weight is 428 g/mol. The molecule has 7 heteroatoms. The summed E-state index contributed by atoms with van der Waals surface area (Å²) in [5.74, 6) is -0.0755. The summed E-state index contributed by atoms with van der Waals surface area (Å²) in [5.41, 5.74) is 2.40. The van der Waals surface area contributed by atoms with E-state index in [1.807, 2.05) is 24.0 Å². The third kappa shape index (κ3) is 4.83. The highest BCUT2D eigenvalue weighted by atomic mass is 32.1. The van der Waals surface area contributed by atoms with Crippen molar-refractivity contribution in [2.45, 2.75) is 51.4 Å². The molecule has 0 aliphatic carbocycles. The highest BCUT2D eigenvalue weighted by Crippen LogP contribution is 2.32. The maximum absolute atomic E-state index is 13.1. The van der Waals surface area contributed by atoms with Gasteiger partial charge in [-0.15, -0.1) is 11.3 Å². The lowest BCUT2D eigenvalue weighted by Crippen LogP contribution is -2.34. The molecule has 0 bridgehead atoms. The summed E-state index contributed by atoms with van der Waals surface area (Å²) in [7, 11) is 0. The van der Waals surface area contributed by atoms with Gasteiger partial charge in [0.05, 0.1) is 12.3 Å². The van der Waals surface area contributed by atoms with Gasteiger partial charge in [-0.3, -0.25) is 9.59 Å². The monoisotopic (exact) mass is 427 g/mol. The number of carbonyl (C=O) groups excluding carboxylic acids is 1. The van der Waals surface area contributed by atoms with Gasteiger partial charge in [0.1, 0.15) is 5.82 Å². The van der Waals surface area contributed by atoms with Crippen LogP contribution in [-0.4, -0.2) is 46.5 Å². The van der Waals surface area contributed by atoms with Crippen molar-refractivity contribution in [3.8, 4) is 0 Å². The third-order valence-corrected chi connectivity index (χ3v) is 7.25. The van der Waals surface area contributed by atoms with Gasteiger partial charge in [0.15, 0.2) is 0 Å². The highest BCUT2D eigenvalue weighted by Gasteiger charge is 2.33. The van der Waals surface area contributed by atoms with Crippen molar-refractivity contribution in [3.05, 3.63) is 45.3 Å². The zero-order valence-corrected chi connectivity index (χ0v) is 18.2. The number of fused-ring (bicyclic) bond motifs is 1. The molecule has 30 heavy (non-hydrogen) atoms. The van der Waals surface area contributed by atoms with E-state index in [0.717, 1.165) is 59.9 Å². The van der Waals surface area contributed by atoms with Crippen LogP contribution in [0, 0.1) is 12.8 Å². The van der Waals surface area contributed by atoms with E-state index in [1.54, 1.807) is 0 Å². The normalized spacial score (nSPS) is 19.2. The van der Waals surface area contributed by atoms with E-state index in [-0.39, 0.29) is 12.3 Å². The van der Waals surface area contributed by atoms with Crippen LogP contribution in [0.25, 0.3) is 0 Å². The molecule has 2 aromatic heterocycles. The summed E-state index contributed by atoms with van der Waals surface area (Å²) in [5, 5.41) is 12.7. The summed E-state index contributed by atoms with van der Waals surface area (Å²) >= 11 is 1.52. The van der Waals surface area contributed by atoms with E-state index >= 15 is 0 Å². The second kappa shape index (κ2) is 9.16. The standard InChI is InChI=1S/C23H29N3O3S/c1-15-4-9-20(30-15)19(13-21(27)28)23(29)26-12-10-16(14-26)5-7-18-8-6-17-3-2-11-24-22(17)25-18/h4,6,8-9,16,19H,2-3,5,7,10-14H2,1H3,(H,24,25)(H,27,28)/t16-,19+/m1/s1. The molecule has 6 nitrogen and oxygen atoms in total. The van der Waals surface area contributed by atoms with E-state index in [0.29, 0.717) is 19.0 Å². The summed E-state index contributed by atoms with van der Waals surface area (Å²) < 4.78 is 0. The van der Waals surface area contributed by atoms with E-state index in [9.17, 15) is 14.7 Å². The Morgan fingerprint density at radius 1 is 1.33 bits per heavy atom. The number of hydrogen-bond acceptors (Lipinski definition) is 5. The van der Waals surface area contributed by atoms with Gasteiger partial charge in [-0.25, -0.2) is 4.98 Å². The summed E-state index contributed by atoms with van der Waals surface area (Å²) in [6, 6.07) is 8.17. The van der Waals surface area contributed by atoms with E-state index in [1.165, 1.54) is 16.9 Å². The molecule has 1 fully saturated rings. The van der Waals surface area contributed by atoms with Gasteiger partial charge >= 0.3 is 5.97 Å². The number of nitrogens with one attached hydrogen (secondary N) is 1. The number of likely N-dealkylation sites (tertiary alicyclic amines) is 1. The number of carbonyl (C=O) groups is 2. The first kappa shape index (κ1) is 20.8. The van der Waals surface area contributed by atoms with Crippen molar-refractivity contribution >= 4 is 29.0 Å². The summed E-state index contributed by atoms with van der Waals surface area (Å²) in [6.07, 6.45) is 4.98. The van der Waals surface area contributed by atoms with E-state index in [4.69, 9.17) is 4.98 Å². The Kier molecular flexibility index (Phi) is 6.37. The Bertz CT molecular complexity index is 926. The molecule has 0 saturated carbocycles. The number of aliphatic carboxylic acids is 1. The van der Waals surface area contributed by atoms with Gasteiger partial charge in [-0.2, -0.15) is 0 Å². The molecule has 0 spiro atoms. The summed E-state index contributed by atoms with van der Waals surface area (Å²) in [6.45, 7) is 4.39. The number of rotatable bonds is 7. The predicted molar refractivity (Wildman–Crippen MR) is 118 cm³/mol. The van der Waals surface area contributed by atoms with Gasteiger partial charge in [0.2, 0.25) is 5.91 Å². The minimum Gasteiger partial charge on any atom is -0.481 e. The van der Waals surface area contributed by atoms with Crippen LogP contribution in [0.2, 0.25) is 0 Å². The smallest absolute Gasteiger partial charge is 0.304 e. The molecular formula is C23H29N3O3S. The van der Waals surface area contributed by atoms with Gasteiger partial charge in [-0.1, -0.05) is 6.07 Å². The molecule has 2 atom stereocenters. The lowest BCUT2D eigenvalue weighted by molar-refractivity contribution is -0.141. The van der Waals surface area contributed by atoms with Gasteiger partial charge in [-0.05, 0) is 68.7 Å². The van der Waals surface area contributed by atoms with Crippen molar-refractivity contribution in [1.29, 1.82) is 0 Å². The maximum Gasteiger partial charge on any atom is 0.304 e. The first-order valence-electron chi connectivity index (χ1n) is 10.8. The van der Waals surface area contributed by atoms with Crippen molar-refractivity contribution in [1.82, 2.24) is 9.88 Å². The van der Waals surface area contributed by atoms with Gasteiger partial charge in [0.25, 0.3) is 0 Å². The number of aromatic nitrogens is 1. The molecule has 160 valence electrons. The minimum absolute atomic E-state index is 0.0437. The molecule has 2 aromatic rings. The second-order valence-corrected chi connectivity index (χ2v) is 9.74. The largest absolute Gasteiger partial charge is 0.481 e. The zero-order valence-electron chi connectivity index (χ0n) is 17.4. The van der Waals surface area contributed by atoms with Crippen LogP contribution in [0.1, 0.15) is 52.6 Å². The lowest BCUT2D eigenvalue weighted by Gasteiger charge is -2.22. The number of carboxylic acid groups (broad SMARTS) is 1. The maximum atomic E-state index is 13.1. The van der Waals surface area contributed by atoms with Gasteiger partial charge in [0, 0.05) is 35.1 Å². The van der Waals surface area contributed by atoms with Crippen molar-refractivity contribution in [2.75, 3.05) is 25.0 Å². The van der Waals surface area contributed by atoms with Crippen molar-refractivity contribution in [3.63, 3.8) is 0 Å². The topological polar surface area (TPSA) is 82.5 Å². The number of pyridine rings is 1. The number of carboxylic acids is 1. The fourth-order valence-corrected chi connectivity index (χ4v) is 5.44. The third-order valence-electron chi connectivity index (χ3n) is 6.14. The molecule has 2 N–H and O–H groups in total. The first-order chi connectivity index (χ1) is 14.5. The molecule has 2 aliphatic heterocycles. The molecule has 1 amide bonds.